The highest BCUT2D eigenvalue weighted by molar-refractivity contribution is 7.89. The second kappa shape index (κ2) is 7.06. The Kier molecular flexibility index (Phi) is 4.99. The smallest absolute Gasteiger partial charge is 0.340 e. The largest absolute Gasteiger partial charge is 0.493 e. The number of hydrogen-bond donors (Lipinski definition) is 1. The van der Waals surface area contributed by atoms with E-state index in [1.165, 1.54) is 12.1 Å². The Morgan fingerprint density at radius 3 is 2.69 bits per heavy atom. The molecule has 136 valence electrons. The van der Waals surface area contributed by atoms with E-state index in [1.807, 2.05) is 0 Å². The number of Topliss-reactive ketones (excluding diaryl/α,β-unsaturated/α-hetero) is 1. The lowest BCUT2D eigenvalue weighted by Gasteiger charge is -2.08. The fourth-order valence-electron chi connectivity index (χ4n) is 2.49. The number of nitrogens with two attached hydrogens (primary N) is 1. The molecule has 2 aromatic carbocycles. The number of rotatable bonds is 5. The molecule has 0 radical (unpaired) electrons. The molecule has 0 unspecified atom stereocenters. The van der Waals surface area contributed by atoms with Crippen molar-refractivity contribution >= 4 is 33.4 Å². The Hall–Kier alpha value is -2.42. The molecule has 0 fully saturated rings. The van der Waals surface area contributed by atoms with E-state index in [0.29, 0.717) is 18.6 Å². The highest BCUT2D eigenvalue weighted by Gasteiger charge is 2.19. The number of benzene rings is 2. The fraction of sp³-hybridized carbons (Fsp3) is 0.176. The second-order valence-corrected chi connectivity index (χ2v) is 7.58. The van der Waals surface area contributed by atoms with E-state index >= 15 is 0 Å². The number of sulfonamides is 1. The Bertz CT molecular complexity index is 1000. The summed E-state index contributed by atoms with van der Waals surface area (Å²) in [6, 6.07) is 8.40. The Morgan fingerprint density at radius 2 is 1.96 bits per heavy atom. The molecule has 26 heavy (non-hydrogen) atoms. The van der Waals surface area contributed by atoms with Gasteiger partial charge in [0.1, 0.15) is 5.75 Å². The van der Waals surface area contributed by atoms with Crippen LogP contribution in [0.4, 0.5) is 0 Å². The molecular formula is C17H14ClNO6S. The quantitative estimate of drug-likeness (QED) is 0.611. The van der Waals surface area contributed by atoms with Crippen LogP contribution < -0.4 is 9.88 Å². The van der Waals surface area contributed by atoms with Gasteiger partial charge in [0, 0.05) is 12.0 Å². The van der Waals surface area contributed by atoms with Crippen LogP contribution in [0.2, 0.25) is 5.02 Å². The average Bonchev–Trinajstić information content (AvgIpc) is 3.06. The van der Waals surface area contributed by atoms with Gasteiger partial charge in [0.05, 0.1) is 22.1 Å². The molecule has 9 heteroatoms. The maximum Gasteiger partial charge on any atom is 0.340 e. The molecule has 0 saturated heterocycles. The lowest BCUT2D eigenvalue weighted by atomic mass is 10.1. The summed E-state index contributed by atoms with van der Waals surface area (Å²) in [5.74, 6) is -0.574. The lowest BCUT2D eigenvalue weighted by Crippen LogP contribution is -2.16. The van der Waals surface area contributed by atoms with E-state index in [1.54, 1.807) is 18.2 Å². The number of halogens is 1. The molecule has 2 N–H and O–H groups in total. The molecule has 0 atom stereocenters. The first-order valence-electron chi connectivity index (χ1n) is 7.54. The molecule has 1 aliphatic rings. The standard InChI is InChI=1S/C17H14ClNO6S/c18-14-3-2-12(26(19,22)23)8-13(14)17(21)25-9-15(20)10-1-4-16-11(7-10)5-6-24-16/h1-4,7-8H,5-6,9H2,(H2,19,22,23). The van der Waals surface area contributed by atoms with E-state index in [2.05, 4.69) is 0 Å². The summed E-state index contributed by atoms with van der Waals surface area (Å²) >= 11 is 5.90. The zero-order valence-electron chi connectivity index (χ0n) is 13.4. The van der Waals surface area contributed by atoms with Gasteiger partial charge in [-0.15, -0.1) is 0 Å². The van der Waals surface area contributed by atoms with Crippen LogP contribution in [-0.2, 0) is 21.2 Å². The molecule has 0 spiro atoms. The van der Waals surface area contributed by atoms with Gasteiger partial charge in [0.15, 0.2) is 12.4 Å². The van der Waals surface area contributed by atoms with Crippen molar-refractivity contribution in [3.05, 3.63) is 58.1 Å². The summed E-state index contributed by atoms with van der Waals surface area (Å²) in [5.41, 5.74) is 1.13. The van der Waals surface area contributed by atoms with E-state index in [9.17, 15) is 18.0 Å². The molecule has 1 heterocycles. The summed E-state index contributed by atoms with van der Waals surface area (Å²) in [5, 5.41) is 5.02. The van der Waals surface area contributed by atoms with Crippen LogP contribution >= 0.6 is 11.6 Å². The number of ketones is 1. The van der Waals surface area contributed by atoms with Crippen molar-refractivity contribution in [2.45, 2.75) is 11.3 Å². The predicted molar refractivity (Wildman–Crippen MR) is 93.1 cm³/mol. The maximum absolute atomic E-state index is 12.2. The van der Waals surface area contributed by atoms with Gasteiger partial charge >= 0.3 is 5.97 Å². The minimum absolute atomic E-state index is 0.00970. The van der Waals surface area contributed by atoms with Crippen LogP contribution in [0.15, 0.2) is 41.3 Å². The van der Waals surface area contributed by atoms with Crippen molar-refractivity contribution in [3.63, 3.8) is 0 Å². The fourth-order valence-corrected chi connectivity index (χ4v) is 3.22. The van der Waals surface area contributed by atoms with Crippen molar-refractivity contribution < 1.29 is 27.5 Å². The number of ether oxygens (including phenoxy) is 2. The minimum Gasteiger partial charge on any atom is -0.493 e. The summed E-state index contributed by atoms with van der Waals surface area (Å²) < 4.78 is 33.1. The third kappa shape index (κ3) is 3.87. The predicted octanol–water partition coefficient (Wildman–Crippen LogP) is 1.96. The Balaban J connectivity index is 1.72. The molecule has 7 nitrogen and oxygen atoms in total. The van der Waals surface area contributed by atoms with Crippen molar-refractivity contribution in [2.24, 2.45) is 5.14 Å². The third-order valence-electron chi connectivity index (χ3n) is 3.83. The van der Waals surface area contributed by atoms with E-state index < -0.39 is 28.4 Å². The first-order valence-corrected chi connectivity index (χ1v) is 9.46. The number of hydrogen-bond acceptors (Lipinski definition) is 6. The van der Waals surface area contributed by atoms with Crippen molar-refractivity contribution in [1.29, 1.82) is 0 Å². The summed E-state index contributed by atoms with van der Waals surface area (Å²) in [4.78, 5) is 24.1. The molecule has 3 rings (SSSR count). The van der Waals surface area contributed by atoms with Crippen LogP contribution in [0.25, 0.3) is 0 Å². The summed E-state index contributed by atoms with van der Waals surface area (Å²) in [6.07, 6.45) is 0.714. The number of carbonyl (C=O) groups is 2. The van der Waals surface area contributed by atoms with Gasteiger partial charge in [-0.2, -0.15) is 0 Å². The molecule has 1 aliphatic heterocycles. The minimum atomic E-state index is -4.00. The third-order valence-corrected chi connectivity index (χ3v) is 5.07. The van der Waals surface area contributed by atoms with Crippen molar-refractivity contribution in [3.8, 4) is 5.75 Å². The first kappa shape index (κ1) is 18.4. The molecule has 0 saturated carbocycles. The lowest BCUT2D eigenvalue weighted by molar-refractivity contribution is 0.0474. The Labute approximate surface area is 154 Å². The van der Waals surface area contributed by atoms with E-state index in [0.717, 1.165) is 17.4 Å². The molecule has 0 aliphatic carbocycles. The van der Waals surface area contributed by atoms with Crippen molar-refractivity contribution in [2.75, 3.05) is 13.2 Å². The van der Waals surface area contributed by atoms with Crippen LogP contribution in [-0.4, -0.2) is 33.4 Å². The van der Waals surface area contributed by atoms with E-state index in [-0.39, 0.29) is 15.5 Å². The zero-order chi connectivity index (χ0) is 18.9. The highest BCUT2D eigenvalue weighted by atomic mass is 35.5. The number of carbonyl (C=O) groups excluding carboxylic acids is 2. The zero-order valence-corrected chi connectivity index (χ0v) is 15.0. The van der Waals surface area contributed by atoms with E-state index in [4.69, 9.17) is 26.2 Å². The number of fused-ring (bicyclic) bond motifs is 1. The van der Waals surface area contributed by atoms with Gasteiger partial charge in [-0.1, -0.05) is 11.6 Å². The van der Waals surface area contributed by atoms with Gasteiger partial charge < -0.3 is 9.47 Å². The molecule has 2 aromatic rings. The number of primary sulfonamides is 1. The highest BCUT2D eigenvalue weighted by Crippen LogP contribution is 2.26. The average molecular weight is 396 g/mol. The van der Waals surface area contributed by atoms with Gasteiger partial charge in [-0.05, 0) is 42.0 Å². The van der Waals surface area contributed by atoms with Gasteiger partial charge in [0.2, 0.25) is 10.0 Å². The first-order chi connectivity index (χ1) is 12.3. The Morgan fingerprint density at radius 1 is 1.19 bits per heavy atom. The topological polar surface area (TPSA) is 113 Å². The SMILES string of the molecule is NS(=O)(=O)c1ccc(Cl)c(C(=O)OCC(=O)c2ccc3c(c2)CCO3)c1. The monoisotopic (exact) mass is 395 g/mol. The summed E-state index contributed by atoms with van der Waals surface area (Å²) in [7, 11) is -4.00. The van der Waals surface area contributed by atoms with Crippen LogP contribution in [0.3, 0.4) is 0 Å². The van der Waals surface area contributed by atoms with Crippen LogP contribution in [0.5, 0.6) is 5.75 Å². The van der Waals surface area contributed by atoms with Gasteiger partial charge in [-0.3, -0.25) is 4.79 Å². The van der Waals surface area contributed by atoms with Gasteiger partial charge in [-0.25, -0.2) is 18.4 Å². The molecule has 0 amide bonds. The van der Waals surface area contributed by atoms with Crippen LogP contribution in [0.1, 0.15) is 26.3 Å². The second-order valence-electron chi connectivity index (χ2n) is 5.61. The molecule has 0 aromatic heterocycles. The summed E-state index contributed by atoms with van der Waals surface area (Å²) in [6.45, 7) is 0.0647. The molecular weight excluding hydrogens is 382 g/mol. The van der Waals surface area contributed by atoms with Gasteiger partial charge in [0.25, 0.3) is 0 Å². The van der Waals surface area contributed by atoms with Crippen molar-refractivity contribution in [1.82, 2.24) is 0 Å². The molecule has 0 bridgehead atoms. The normalized spacial score (nSPS) is 13.0. The maximum atomic E-state index is 12.2. The van der Waals surface area contributed by atoms with Crippen LogP contribution in [0, 0.1) is 0 Å². The number of esters is 1.